The van der Waals surface area contributed by atoms with Gasteiger partial charge in [-0.3, -0.25) is 4.79 Å². The molecule has 3 N–H and O–H groups in total. The number of nitrogens with zero attached hydrogens (tertiary/aromatic N) is 3. The summed E-state index contributed by atoms with van der Waals surface area (Å²) in [6.07, 6.45) is -3.96. The van der Waals surface area contributed by atoms with Gasteiger partial charge in [-0.25, -0.2) is 0 Å². The Balaban J connectivity index is 1.23. The molecular weight excluding hydrogens is 533 g/mol. The van der Waals surface area contributed by atoms with Crippen molar-refractivity contribution in [1.29, 1.82) is 0 Å². The molecule has 208 valence electrons. The van der Waals surface area contributed by atoms with Crippen molar-refractivity contribution in [3.05, 3.63) is 59.7 Å². The van der Waals surface area contributed by atoms with Crippen LogP contribution in [-0.2, 0) is 11.0 Å². The fourth-order valence-corrected chi connectivity index (χ4v) is 5.25. The number of hydrogen-bond acceptors (Lipinski definition) is 9. The molecular formula is C27H23F3N4O6. The number of aromatic nitrogens is 3. The summed E-state index contributed by atoms with van der Waals surface area (Å²) in [6.45, 7) is 0.138. The Kier molecular flexibility index (Phi) is 6.55. The van der Waals surface area contributed by atoms with Crippen LogP contribution in [0.15, 0.2) is 57.6 Å². The van der Waals surface area contributed by atoms with E-state index in [2.05, 4.69) is 20.6 Å². The number of benzene rings is 2. The third-order valence-corrected chi connectivity index (χ3v) is 7.26. The lowest BCUT2D eigenvalue weighted by atomic mass is 9.96. The van der Waals surface area contributed by atoms with Crippen LogP contribution in [0.1, 0.15) is 36.5 Å². The predicted octanol–water partition coefficient (Wildman–Crippen LogP) is 4.71. The highest BCUT2D eigenvalue weighted by Crippen LogP contribution is 2.43. The average Bonchev–Trinajstić information content (AvgIpc) is 3.70. The lowest BCUT2D eigenvalue weighted by Gasteiger charge is -2.33. The monoisotopic (exact) mass is 556 g/mol. The molecule has 1 saturated carbocycles. The third-order valence-electron chi connectivity index (χ3n) is 7.26. The van der Waals surface area contributed by atoms with Crippen molar-refractivity contribution in [2.75, 3.05) is 6.61 Å². The van der Waals surface area contributed by atoms with Gasteiger partial charge in [-0.1, -0.05) is 52.8 Å². The van der Waals surface area contributed by atoms with Crippen LogP contribution in [-0.4, -0.2) is 50.2 Å². The van der Waals surface area contributed by atoms with E-state index in [1.807, 2.05) is 0 Å². The van der Waals surface area contributed by atoms with Gasteiger partial charge in [0.1, 0.15) is 29.7 Å². The molecule has 1 aliphatic carbocycles. The fourth-order valence-electron chi connectivity index (χ4n) is 5.25. The summed E-state index contributed by atoms with van der Waals surface area (Å²) in [5.41, 5.74) is -0.396. The van der Waals surface area contributed by atoms with Crippen molar-refractivity contribution < 1.29 is 42.0 Å². The minimum Gasteiger partial charge on any atom is -0.491 e. The molecule has 2 aromatic carbocycles. The number of carboxylic acids is 1. The zero-order chi connectivity index (χ0) is 28.0. The van der Waals surface area contributed by atoms with Crippen LogP contribution in [0.3, 0.4) is 0 Å². The first-order valence-electron chi connectivity index (χ1n) is 12.6. The van der Waals surface area contributed by atoms with Gasteiger partial charge in [0.05, 0.1) is 12.0 Å². The zero-order valence-electron chi connectivity index (χ0n) is 20.8. The Morgan fingerprint density at radius 1 is 1.02 bits per heavy atom. The molecule has 0 spiro atoms. The molecule has 10 nitrogen and oxygen atoms in total. The van der Waals surface area contributed by atoms with Gasteiger partial charge in [-0.15, -0.1) is 0 Å². The Morgan fingerprint density at radius 3 is 2.55 bits per heavy atom. The minimum absolute atomic E-state index is 0.00686. The van der Waals surface area contributed by atoms with Gasteiger partial charge in [-0.05, 0) is 25.3 Å². The summed E-state index contributed by atoms with van der Waals surface area (Å²) in [4.78, 5) is 15.4. The van der Waals surface area contributed by atoms with Crippen LogP contribution in [0.2, 0.25) is 0 Å². The minimum atomic E-state index is -4.80. The number of halogens is 3. The second-order valence-electron chi connectivity index (χ2n) is 9.85. The number of alkyl halides is 3. The normalized spacial score (nSPS) is 22.6. The number of aliphatic hydroxyl groups is 1. The first-order valence-corrected chi connectivity index (χ1v) is 12.6. The summed E-state index contributed by atoms with van der Waals surface area (Å²) in [5, 5.41) is 30.9. The maximum atomic E-state index is 14.0. The van der Waals surface area contributed by atoms with Gasteiger partial charge in [0.25, 0.3) is 5.89 Å². The fraction of sp³-hybridized carbons (Fsp3) is 0.333. The van der Waals surface area contributed by atoms with Crippen LogP contribution in [0.5, 0.6) is 5.75 Å². The van der Waals surface area contributed by atoms with Crippen molar-refractivity contribution in [3.8, 4) is 40.0 Å². The van der Waals surface area contributed by atoms with Crippen LogP contribution < -0.4 is 10.1 Å². The van der Waals surface area contributed by atoms with E-state index in [9.17, 15) is 28.2 Å². The van der Waals surface area contributed by atoms with Crippen molar-refractivity contribution in [2.45, 2.75) is 43.6 Å². The van der Waals surface area contributed by atoms with Crippen LogP contribution in [0.4, 0.5) is 13.2 Å². The van der Waals surface area contributed by atoms with E-state index in [4.69, 9.17) is 13.8 Å². The molecule has 1 aliphatic heterocycles. The zero-order valence-corrected chi connectivity index (χ0v) is 20.8. The highest BCUT2D eigenvalue weighted by atomic mass is 19.4. The molecule has 6 rings (SSSR count). The number of ether oxygens (including phenoxy) is 1. The number of aliphatic carboxylic acids is 1. The second-order valence-corrected chi connectivity index (χ2v) is 9.85. The molecule has 2 unspecified atom stereocenters. The second kappa shape index (κ2) is 10.1. The number of carboxylic acid groups (broad SMARTS) is 1. The van der Waals surface area contributed by atoms with Gasteiger partial charge in [0, 0.05) is 22.7 Å². The van der Waals surface area contributed by atoms with E-state index in [0.717, 1.165) is 0 Å². The van der Waals surface area contributed by atoms with E-state index in [-0.39, 0.29) is 24.0 Å². The summed E-state index contributed by atoms with van der Waals surface area (Å²) >= 11 is 0. The molecule has 0 bridgehead atoms. The maximum absolute atomic E-state index is 14.0. The van der Waals surface area contributed by atoms with Crippen molar-refractivity contribution in [3.63, 3.8) is 0 Å². The molecule has 1 fully saturated rings. The van der Waals surface area contributed by atoms with Gasteiger partial charge >= 0.3 is 12.1 Å². The molecule has 2 aliphatic rings. The lowest BCUT2D eigenvalue weighted by Crippen LogP contribution is -2.46. The number of hydrogen-bond donors (Lipinski definition) is 3. The highest BCUT2D eigenvalue weighted by Gasteiger charge is 2.43. The Hall–Kier alpha value is -4.23. The average molecular weight is 556 g/mol. The quantitative estimate of drug-likeness (QED) is 0.305. The summed E-state index contributed by atoms with van der Waals surface area (Å²) < 4.78 is 58.1. The summed E-state index contributed by atoms with van der Waals surface area (Å²) in [6, 6.07) is 12.1. The Labute approximate surface area is 224 Å². The van der Waals surface area contributed by atoms with Gasteiger partial charge in [0.15, 0.2) is 0 Å². The smallest absolute Gasteiger partial charge is 0.422 e. The third kappa shape index (κ3) is 4.82. The topological polar surface area (TPSA) is 144 Å². The largest absolute Gasteiger partial charge is 0.491 e. The number of nitrogens with one attached hydrogen (secondary N) is 1. The number of carbonyl (C=O) groups is 1. The summed E-state index contributed by atoms with van der Waals surface area (Å²) in [7, 11) is 0. The lowest BCUT2D eigenvalue weighted by molar-refractivity contribution is -0.141. The highest BCUT2D eigenvalue weighted by molar-refractivity contribution is 5.71. The van der Waals surface area contributed by atoms with Crippen LogP contribution in [0, 0.1) is 5.92 Å². The van der Waals surface area contributed by atoms with E-state index in [1.54, 1.807) is 36.4 Å². The maximum Gasteiger partial charge on any atom is 0.422 e. The van der Waals surface area contributed by atoms with Crippen molar-refractivity contribution in [1.82, 2.24) is 20.6 Å². The number of rotatable bonds is 6. The first kappa shape index (κ1) is 26.0. The molecule has 3 heterocycles. The van der Waals surface area contributed by atoms with E-state index >= 15 is 0 Å². The molecule has 0 amide bonds. The molecule has 13 heteroatoms. The Bertz CT molecular complexity index is 1540. The van der Waals surface area contributed by atoms with Crippen molar-refractivity contribution >= 4 is 5.97 Å². The molecule has 4 aromatic rings. The van der Waals surface area contributed by atoms with Crippen LogP contribution >= 0.6 is 0 Å². The van der Waals surface area contributed by atoms with Gasteiger partial charge in [0.2, 0.25) is 11.6 Å². The van der Waals surface area contributed by atoms with Crippen molar-refractivity contribution in [2.24, 2.45) is 5.92 Å². The first-order chi connectivity index (χ1) is 19.2. The predicted molar refractivity (Wildman–Crippen MR) is 132 cm³/mol. The molecule has 2 aromatic heterocycles. The molecule has 40 heavy (non-hydrogen) atoms. The van der Waals surface area contributed by atoms with Gasteiger partial charge in [-0.2, -0.15) is 18.2 Å². The van der Waals surface area contributed by atoms with E-state index < -0.39 is 53.1 Å². The van der Waals surface area contributed by atoms with E-state index in [1.165, 1.54) is 12.1 Å². The SMILES string of the molecule is O=C(O)C1CCC(N[C@@H]2COc3cc(-c4noc(-c5onc(-c6ccccc6)c5C(F)(F)F)n4)ccc3[C@@H]2O)C1. The molecule has 0 saturated heterocycles. The number of aliphatic hydroxyl groups excluding tert-OH is 1. The van der Waals surface area contributed by atoms with Crippen LogP contribution in [0.25, 0.3) is 34.3 Å². The molecule has 4 atom stereocenters. The standard InChI is InChI=1S/C27H23F3N4O6/c28-27(29,30)20-21(13-4-2-1-3-5-13)33-39-23(20)25-32-24(34-40-25)14-7-9-17-19(11-14)38-12-18(22(17)35)31-16-8-6-15(10-16)26(36)37/h1-5,7,9,11,15-16,18,22,31,35H,6,8,10,12H2,(H,36,37)/t15?,16?,18-,22+/m1/s1. The number of fused-ring (bicyclic) bond motifs is 1. The van der Waals surface area contributed by atoms with Gasteiger partial charge < -0.3 is 29.3 Å². The summed E-state index contributed by atoms with van der Waals surface area (Å²) in [5.74, 6) is -2.04. The Morgan fingerprint density at radius 2 is 1.82 bits per heavy atom. The molecule has 0 radical (unpaired) electrons. The van der Waals surface area contributed by atoms with E-state index in [0.29, 0.717) is 36.1 Å².